The molecule has 3 aromatic heterocycles. The van der Waals surface area contributed by atoms with Crippen molar-refractivity contribution in [3.63, 3.8) is 0 Å². The third-order valence-electron chi connectivity index (χ3n) is 9.59. The molecule has 0 saturated heterocycles. The number of halogens is 1. The van der Waals surface area contributed by atoms with Crippen molar-refractivity contribution >= 4 is 35.4 Å². The summed E-state index contributed by atoms with van der Waals surface area (Å²) < 4.78 is 17.7. The monoisotopic (exact) mass is 807 g/mol. The second kappa shape index (κ2) is 18.2. The maximum Gasteiger partial charge on any atom is 0.250 e. The van der Waals surface area contributed by atoms with E-state index in [1.54, 1.807) is 37.1 Å². The van der Waals surface area contributed by atoms with Gasteiger partial charge in [-0.3, -0.25) is 14.6 Å². The minimum Gasteiger partial charge on any atom is -0.366 e. The Morgan fingerprint density at radius 2 is 1.03 bits per heavy atom. The largest absolute Gasteiger partial charge is 0.366 e. The molecule has 0 unspecified atom stereocenters. The van der Waals surface area contributed by atoms with Crippen LogP contribution in [0.4, 0.5) is 4.39 Å². The quantitative estimate of drug-likeness (QED) is 0.131. The van der Waals surface area contributed by atoms with Crippen molar-refractivity contribution < 1.29 is 14.0 Å². The summed E-state index contributed by atoms with van der Waals surface area (Å²) in [4.78, 5) is 37.1. The molecule has 0 aliphatic heterocycles. The van der Waals surface area contributed by atoms with Gasteiger partial charge in [0.2, 0.25) is 0 Å². The summed E-state index contributed by atoms with van der Waals surface area (Å²) in [5.74, 6) is -0.542. The molecule has 3 heterocycles. The molecule has 61 heavy (non-hydrogen) atoms. The first-order chi connectivity index (χ1) is 29.4. The molecular formula is C49H42FN9O2. The zero-order valence-corrected chi connectivity index (χ0v) is 34.0. The van der Waals surface area contributed by atoms with Crippen LogP contribution in [0.2, 0.25) is 0 Å². The highest BCUT2D eigenvalue weighted by Gasteiger charge is 2.15. The van der Waals surface area contributed by atoms with Crippen LogP contribution >= 0.6 is 0 Å². The van der Waals surface area contributed by atoms with E-state index in [4.69, 9.17) is 11.5 Å². The van der Waals surface area contributed by atoms with Gasteiger partial charge in [0.1, 0.15) is 18.5 Å². The van der Waals surface area contributed by atoms with Crippen molar-refractivity contribution in [3.05, 3.63) is 186 Å². The van der Waals surface area contributed by atoms with Crippen molar-refractivity contribution in [2.24, 2.45) is 11.5 Å². The molecule has 2 amide bonds. The van der Waals surface area contributed by atoms with Crippen molar-refractivity contribution in [1.82, 2.24) is 34.5 Å². The highest BCUT2D eigenvalue weighted by molar-refractivity contribution is 6.22. The number of amides is 2. The van der Waals surface area contributed by atoms with E-state index in [-0.39, 0.29) is 5.57 Å². The average molecular weight is 808 g/mol. The van der Waals surface area contributed by atoms with Gasteiger partial charge in [0, 0.05) is 41.5 Å². The molecule has 4 N–H and O–H groups in total. The Morgan fingerprint density at radius 1 is 0.541 bits per heavy atom. The third kappa shape index (κ3) is 10.1. The van der Waals surface area contributed by atoms with Crippen LogP contribution in [0.15, 0.2) is 146 Å². The van der Waals surface area contributed by atoms with Gasteiger partial charge < -0.3 is 11.5 Å². The van der Waals surface area contributed by atoms with E-state index in [0.29, 0.717) is 33.9 Å². The Morgan fingerprint density at radius 3 is 1.51 bits per heavy atom. The fourth-order valence-electron chi connectivity index (χ4n) is 6.88. The molecule has 11 nitrogen and oxygen atoms in total. The smallest absolute Gasteiger partial charge is 0.250 e. The highest BCUT2D eigenvalue weighted by atomic mass is 19.1. The Labute approximate surface area is 352 Å². The van der Waals surface area contributed by atoms with Crippen LogP contribution in [0, 0.1) is 33.5 Å². The summed E-state index contributed by atoms with van der Waals surface area (Å²) in [5.41, 5.74) is 22.3. The van der Waals surface area contributed by atoms with Gasteiger partial charge >= 0.3 is 0 Å². The van der Waals surface area contributed by atoms with Gasteiger partial charge in [0.05, 0.1) is 11.1 Å². The van der Waals surface area contributed by atoms with Gasteiger partial charge in [-0.2, -0.15) is 0 Å². The highest BCUT2D eigenvalue weighted by Crippen LogP contribution is 2.27. The first-order valence-corrected chi connectivity index (χ1v) is 19.3. The minimum absolute atomic E-state index is 0.135. The maximum absolute atomic E-state index is 14.8. The molecule has 302 valence electrons. The van der Waals surface area contributed by atoms with Crippen molar-refractivity contribution in [2.45, 2.75) is 27.7 Å². The summed E-state index contributed by atoms with van der Waals surface area (Å²) in [6, 6.07) is 37.5. The first-order valence-electron chi connectivity index (χ1n) is 19.3. The van der Waals surface area contributed by atoms with Crippen LogP contribution in [0.1, 0.15) is 33.4 Å². The molecule has 0 saturated carbocycles. The van der Waals surface area contributed by atoms with Crippen LogP contribution in [-0.2, 0) is 9.59 Å². The van der Waals surface area contributed by atoms with Gasteiger partial charge in [-0.15, -0.1) is 10.2 Å². The SMILES string of the molecule is Cc1cc(C)cc(-c2ncn(/C=C(/C(N)=O)c3ccc(-c4ccccc4)c(F)c3)n2)c1.Cc1cc(C)cc(-c2ncn(/C=C(/C(N)=O)c3ccc(-c4cccnc4)cc3)n2)c1. The van der Waals surface area contributed by atoms with Crippen LogP contribution in [-0.4, -0.2) is 46.3 Å². The fourth-order valence-corrected chi connectivity index (χ4v) is 6.88. The molecule has 0 aliphatic carbocycles. The number of aromatic nitrogens is 7. The van der Waals surface area contributed by atoms with Crippen LogP contribution < -0.4 is 11.5 Å². The van der Waals surface area contributed by atoms with E-state index < -0.39 is 17.6 Å². The molecule has 0 fully saturated rings. The number of carbonyl (C=O) groups excluding carboxylic acids is 2. The van der Waals surface area contributed by atoms with Gasteiger partial charge in [0.25, 0.3) is 11.8 Å². The summed E-state index contributed by atoms with van der Waals surface area (Å²) >= 11 is 0. The average Bonchev–Trinajstić information content (AvgIpc) is 3.93. The minimum atomic E-state index is -0.685. The molecule has 12 heteroatoms. The number of nitrogens with two attached hydrogens (primary N) is 2. The number of pyridine rings is 1. The Balaban J connectivity index is 0.000000184. The predicted octanol–water partition coefficient (Wildman–Crippen LogP) is 8.96. The zero-order valence-electron chi connectivity index (χ0n) is 34.0. The lowest BCUT2D eigenvalue weighted by Crippen LogP contribution is -2.14. The Hall–Kier alpha value is -8.12. The molecular weight excluding hydrogens is 766 g/mol. The number of nitrogens with zero attached hydrogens (tertiary/aromatic N) is 7. The van der Waals surface area contributed by atoms with Crippen LogP contribution in [0.25, 0.3) is 68.6 Å². The summed E-state index contributed by atoms with van der Waals surface area (Å²) in [7, 11) is 0. The van der Waals surface area contributed by atoms with E-state index >= 15 is 0 Å². The molecule has 0 spiro atoms. The number of hydrogen-bond donors (Lipinski definition) is 2. The summed E-state index contributed by atoms with van der Waals surface area (Å²) in [5, 5.41) is 8.91. The van der Waals surface area contributed by atoms with E-state index in [1.807, 2.05) is 119 Å². The summed E-state index contributed by atoms with van der Waals surface area (Å²) in [6.07, 6.45) is 9.64. The molecule has 8 aromatic rings. The molecule has 5 aromatic carbocycles. The second-order valence-electron chi connectivity index (χ2n) is 14.5. The molecule has 0 radical (unpaired) electrons. The lowest BCUT2D eigenvalue weighted by Gasteiger charge is -2.08. The van der Waals surface area contributed by atoms with Crippen molar-refractivity contribution in [2.75, 3.05) is 0 Å². The van der Waals surface area contributed by atoms with Crippen molar-refractivity contribution in [3.8, 4) is 45.0 Å². The maximum atomic E-state index is 14.8. The first kappa shape index (κ1) is 41.1. The number of benzene rings is 5. The van der Waals surface area contributed by atoms with E-state index in [1.165, 1.54) is 28.0 Å². The van der Waals surface area contributed by atoms with Crippen LogP contribution in [0.5, 0.6) is 0 Å². The topological polar surface area (TPSA) is 160 Å². The molecule has 0 aliphatic rings. The number of primary amides is 2. The third-order valence-corrected chi connectivity index (χ3v) is 9.59. The van der Waals surface area contributed by atoms with Gasteiger partial charge in [-0.25, -0.2) is 23.7 Å². The number of rotatable bonds is 10. The zero-order chi connectivity index (χ0) is 43.0. The Bertz CT molecular complexity index is 2880. The van der Waals surface area contributed by atoms with Crippen molar-refractivity contribution in [1.29, 1.82) is 0 Å². The summed E-state index contributed by atoms with van der Waals surface area (Å²) in [6.45, 7) is 8.08. The second-order valence-corrected chi connectivity index (χ2v) is 14.5. The lowest BCUT2D eigenvalue weighted by molar-refractivity contribution is -0.113. The fraction of sp³-hybridized carbons (Fsp3) is 0.0816. The number of aryl methyl sites for hydroxylation is 4. The molecule has 8 rings (SSSR count). The van der Waals surface area contributed by atoms with Gasteiger partial charge in [0.15, 0.2) is 11.6 Å². The molecule has 0 atom stereocenters. The Kier molecular flexibility index (Phi) is 12.3. The van der Waals surface area contributed by atoms with E-state index in [2.05, 4.69) is 37.3 Å². The van der Waals surface area contributed by atoms with Gasteiger partial charge in [-0.05, 0) is 91.9 Å². The standard InChI is InChI=1S/C25H21FN4O.C24H21N5O/c1-16-10-17(2)12-20(11-16)25-28-15-30(29-25)14-22(24(27)31)19-8-9-21(23(26)13-19)18-6-4-3-5-7-18;1-16-10-17(2)12-21(11-16)24-27-15-29(28-24)14-22(23(25)30)19-7-5-18(6-8-19)20-4-3-9-26-13-20/h3-15H,1-2H3,(H2,27,31);3-15H,1-2H3,(H2,25,30)/b2*22-14+. The number of hydrogen-bond acceptors (Lipinski definition) is 7. The van der Waals surface area contributed by atoms with E-state index in [0.717, 1.165) is 50.1 Å². The predicted molar refractivity (Wildman–Crippen MR) is 238 cm³/mol. The van der Waals surface area contributed by atoms with E-state index in [9.17, 15) is 14.0 Å². The lowest BCUT2D eigenvalue weighted by atomic mass is 10.00. The molecule has 0 bridgehead atoms. The van der Waals surface area contributed by atoms with Crippen LogP contribution in [0.3, 0.4) is 0 Å². The van der Waals surface area contributed by atoms with Gasteiger partial charge in [-0.1, -0.05) is 107 Å². The number of carbonyl (C=O) groups is 2. The normalized spacial score (nSPS) is 11.5.